The third-order valence-electron chi connectivity index (χ3n) is 5.16. The number of para-hydroxylation sites is 1. The predicted molar refractivity (Wildman–Crippen MR) is 81.3 cm³/mol. The number of hydrogen-bond acceptors (Lipinski definition) is 3. The van der Waals surface area contributed by atoms with Crippen molar-refractivity contribution in [3.05, 3.63) is 30.3 Å². The molecule has 1 amide bonds. The molecule has 0 N–H and O–H groups in total. The van der Waals surface area contributed by atoms with Crippen LogP contribution in [0.5, 0.6) is 0 Å². The molecule has 112 valence electrons. The molecule has 2 saturated heterocycles. The number of amides is 1. The van der Waals surface area contributed by atoms with Crippen molar-refractivity contribution in [2.75, 3.05) is 24.6 Å². The third kappa shape index (κ3) is 2.36. The first-order chi connectivity index (χ1) is 10.3. The Morgan fingerprint density at radius 1 is 1.05 bits per heavy atom. The minimum Gasteiger partial charge on any atom is -0.365 e. The van der Waals surface area contributed by atoms with Crippen molar-refractivity contribution in [1.82, 2.24) is 4.90 Å². The molecule has 1 saturated carbocycles. The molecule has 0 spiro atoms. The zero-order valence-electron chi connectivity index (χ0n) is 12.3. The van der Waals surface area contributed by atoms with Gasteiger partial charge in [-0.05, 0) is 25.0 Å². The maximum absolute atomic E-state index is 12.3. The second-order valence-corrected chi connectivity index (χ2v) is 6.41. The summed E-state index contributed by atoms with van der Waals surface area (Å²) in [6, 6.07) is 10.9. The number of ether oxygens (including phenoxy) is 1. The SMILES string of the molecule is O=C1CO[C@@H]2CN(C3CCCC3)C[C@@H]2N1c1ccccc1. The lowest BCUT2D eigenvalue weighted by Gasteiger charge is -2.36. The Morgan fingerprint density at radius 2 is 1.81 bits per heavy atom. The van der Waals surface area contributed by atoms with Gasteiger partial charge in [-0.1, -0.05) is 31.0 Å². The van der Waals surface area contributed by atoms with E-state index in [0.717, 1.165) is 18.8 Å². The van der Waals surface area contributed by atoms with Crippen LogP contribution in [0.3, 0.4) is 0 Å². The van der Waals surface area contributed by atoms with Crippen LogP contribution in [-0.4, -0.2) is 48.7 Å². The van der Waals surface area contributed by atoms with Gasteiger partial charge in [0.25, 0.3) is 5.91 Å². The van der Waals surface area contributed by atoms with Gasteiger partial charge in [-0.25, -0.2) is 0 Å². The highest BCUT2D eigenvalue weighted by atomic mass is 16.5. The first kappa shape index (κ1) is 13.3. The lowest BCUT2D eigenvalue weighted by molar-refractivity contribution is -0.130. The van der Waals surface area contributed by atoms with Gasteiger partial charge in [-0.15, -0.1) is 0 Å². The van der Waals surface area contributed by atoms with Gasteiger partial charge >= 0.3 is 0 Å². The highest BCUT2D eigenvalue weighted by molar-refractivity contribution is 5.95. The Hall–Kier alpha value is -1.39. The predicted octanol–water partition coefficient (Wildman–Crippen LogP) is 2.05. The molecule has 0 aromatic heterocycles. The van der Waals surface area contributed by atoms with Gasteiger partial charge < -0.3 is 9.64 Å². The van der Waals surface area contributed by atoms with E-state index in [1.807, 2.05) is 35.2 Å². The minimum absolute atomic E-state index is 0.0933. The standard InChI is InChI=1S/C17H22N2O2/c20-17-12-21-16-11-18(13-6-4-5-7-13)10-15(16)19(17)14-8-2-1-3-9-14/h1-3,8-9,13,15-16H,4-7,10-12H2/t15-,16+/m0/s1. The van der Waals surface area contributed by atoms with E-state index in [0.29, 0.717) is 6.04 Å². The van der Waals surface area contributed by atoms with Crippen LogP contribution >= 0.6 is 0 Å². The molecule has 3 aliphatic rings. The van der Waals surface area contributed by atoms with Gasteiger partial charge in [0.05, 0.1) is 12.1 Å². The largest absolute Gasteiger partial charge is 0.365 e. The molecule has 0 bridgehead atoms. The molecule has 0 unspecified atom stereocenters. The van der Waals surface area contributed by atoms with E-state index < -0.39 is 0 Å². The summed E-state index contributed by atoms with van der Waals surface area (Å²) >= 11 is 0. The van der Waals surface area contributed by atoms with E-state index in [1.54, 1.807) is 0 Å². The number of morpholine rings is 1. The summed E-state index contributed by atoms with van der Waals surface area (Å²) in [6.45, 7) is 2.15. The second-order valence-electron chi connectivity index (χ2n) is 6.41. The first-order valence-corrected chi connectivity index (χ1v) is 8.06. The summed E-state index contributed by atoms with van der Waals surface area (Å²) in [7, 11) is 0. The Kier molecular flexibility index (Phi) is 3.43. The Morgan fingerprint density at radius 3 is 2.57 bits per heavy atom. The van der Waals surface area contributed by atoms with E-state index >= 15 is 0 Å². The molecule has 2 heterocycles. The molecular formula is C17H22N2O2. The Bertz CT molecular complexity index is 513. The van der Waals surface area contributed by atoms with Crippen LogP contribution in [0.4, 0.5) is 5.69 Å². The van der Waals surface area contributed by atoms with E-state index in [2.05, 4.69) is 4.90 Å². The van der Waals surface area contributed by atoms with Crippen molar-refractivity contribution < 1.29 is 9.53 Å². The molecule has 4 heteroatoms. The topological polar surface area (TPSA) is 32.8 Å². The highest BCUT2D eigenvalue weighted by Gasteiger charge is 2.45. The summed E-state index contributed by atoms with van der Waals surface area (Å²) in [5, 5.41) is 0. The fourth-order valence-corrected chi connectivity index (χ4v) is 4.12. The minimum atomic E-state index is 0.0933. The molecule has 1 aliphatic carbocycles. The first-order valence-electron chi connectivity index (χ1n) is 8.06. The second kappa shape index (κ2) is 5.43. The molecule has 1 aromatic carbocycles. The average molecular weight is 286 g/mol. The summed E-state index contributed by atoms with van der Waals surface area (Å²) in [5.41, 5.74) is 1.01. The fraction of sp³-hybridized carbons (Fsp3) is 0.588. The van der Waals surface area contributed by atoms with Gasteiger partial charge in [-0.3, -0.25) is 9.69 Å². The van der Waals surface area contributed by atoms with Crippen LogP contribution in [0.25, 0.3) is 0 Å². The van der Waals surface area contributed by atoms with Crippen LogP contribution in [0.1, 0.15) is 25.7 Å². The summed E-state index contributed by atoms with van der Waals surface area (Å²) in [4.78, 5) is 16.9. The van der Waals surface area contributed by atoms with Crippen molar-refractivity contribution in [3.8, 4) is 0 Å². The number of carbonyl (C=O) groups is 1. The number of fused-ring (bicyclic) bond motifs is 1. The van der Waals surface area contributed by atoms with Gasteiger partial charge in [0.1, 0.15) is 6.61 Å². The molecule has 2 aliphatic heterocycles. The Labute approximate surface area is 125 Å². The monoisotopic (exact) mass is 286 g/mol. The van der Waals surface area contributed by atoms with E-state index in [4.69, 9.17) is 4.74 Å². The number of rotatable bonds is 2. The molecular weight excluding hydrogens is 264 g/mol. The third-order valence-corrected chi connectivity index (χ3v) is 5.16. The highest BCUT2D eigenvalue weighted by Crippen LogP contribution is 2.33. The van der Waals surface area contributed by atoms with Crippen LogP contribution in [0.15, 0.2) is 30.3 Å². The number of hydrogen-bond donors (Lipinski definition) is 0. The van der Waals surface area contributed by atoms with Crippen molar-refractivity contribution in [2.24, 2.45) is 0 Å². The number of nitrogens with zero attached hydrogens (tertiary/aromatic N) is 2. The summed E-state index contributed by atoms with van der Waals surface area (Å²) in [5.74, 6) is 0.0933. The molecule has 0 radical (unpaired) electrons. The molecule has 1 aromatic rings. The lowest BCUT2D eigenvalue weighted by atomic mass is 10.1. The smallest absolute Gasteiger partial charge is 0.253 e. The normalized spacial score (nSPS) is 30.9. The van der Waals surface area contributed by atoms with Crippen LogP contribution in [0.2, 0.25) is 0 Å². The average Bonchev–Trinajstić information content (AvgIpc) is 3.17. The zero-order chi connectivity index (χ0) is 14.2. The quantitative estimate of drug-likeness (QED) is 0.834. The van der Waals surface area contributed by atoms with Crippen LogP contribution in [-0.2, 0) is 9.53 Å². The molecule has 4 nitrogen and oxygen atoms in total. The molecule has 3 fully saturated rings. The zero-order valence-corrected chi connectivity index (χ0v) is 12.3. The van der Waals surface area contributed by atoms with Gasteiger partial charge in [0.2, 0.25) is 0 Å². The summed E-state index contributed by atoms with van der Waals surface area (Å²) in [6.07, 6.45) is 5.47. The number of anilines is 1. The van der Waals surface area contributed by atoms with Gasteiger partial charge in [0.15, 0.2) is 0 Å². The number of carbonyl (C=O) groups excluding carboxylic acids is 1. The van der Waals surface area contributed by atoms with Gasteiger partial charge in [0, 0.05) is 24.8 Å². The molecule has 2 atom stereocenters. The molecule has 4 rings (SSSR count). The van der Waals surface area contributed by atoms with Crippen molar-refractivity contribution >= 4 is 11.6 Å². The maximum Gasteiger partial charge on any atom is 0.253 e. The van der Waals surface area contributed by atoms with Crippen molar-refractivity contribution in [2.45, 2.75) is 43.9 Å². The number of benzene rings is 1. The van der Waals surface area contributed by atoms with E-state index in [1.165, 1.54) is 25.7 Å². The van der Waals surface area contributed by atoms with Crippen molar-refractivity contribution in [3.63, 3.8) is 0 Å². The lowest BCUT2D eigenvalue weighted by Crippen LogP contribution is -2.54. The van der Waals surface area contributed by atoms with Crippen molar-refractivity contribution in [1.29, 1.82) is 0 Å². The Balaban J connectivity index is 1.57. The maximum atomic E-state index is 12.3. The summed E-state index contributed by atoms with van der Waals surface area (Å²) < 4.78 is 5.82. The van der Waals surface area contributed by atoms with Crippen LogP contribution < -0.4 is 4.90 Å². The van der Waals surface area contributed by atoms with E-state index in [9.17, 15) is 4.79 Å². The molecule has 21 heavy (non-hydrogen) atoms. The van der Waals surface area contributed by atoms with E-state index in [-0.39, 0.29) is 24.7 Å². The number of likely N-dealkylation sites (tertiary alicyclic amines) is 1. The van der Waals surface area contributed by atoms with Gasteiger partial charge in [-0.2, -0.15) is 0 Å². The van der Waals surface area contributed by atoms with Crippen LogP contribution in [0, 0.1) is 0 Å². The fourth-order valence-electron chi connectivity index (χ4n) is 4.12.